The maximum atomic E-state index is 12.7. The summed E-state index contributed by atoms with van der Waals surface area (Å²) < 4.78 is 10.6. The van der Waals surface area contributed by atoms with Crippen LogP contribution >= 0.6 is 11.8 Å². The highest BCUT2D eigenvalue weighted by atomic mass is 32.2. The van der Waals surface area contributed by atoms with Crippen LogP contribution in [0.3, 0.4) is 0 Å². The van der Waals surface area contributed by atoms with Crippen molar-refractivity contribution in [3.63, 3.8) is 0 Å². The molecule has 8 heteroatoms. The van der Waals surface area contributed by atoms with Gasteiger partial charge in [0.2, 0.25) is 12.7 Å². The minimum Gasteiger partial charge on any atom is -0.454 e. The van der Waals surface area contributed by atoms with Gasteiger partial charge >= 0.3 is 0 Å². The molecule has 0 radical (unpaired) electrons. The summed E-state index contributed by atoms with van der Waals surface area (Å²) in [4.78, 5) is 39.4. The summed E-state index contributed by atoms with van der Waals surface area (Å²) in [5, 5.41) is 2.54. The molecule has 3 amide bonds. The molecule has 2 heterocycles. The van der Waals surface area contributed by atoms with E-state index in [-0.39, 0.29) is 42.9 Å². The second kappa shape index (κ2) is 9.91. The largest absolute Gasteiger partial charge is 0.454 e. The van der Waals surface area contributed by atoms with Gasteiger partial charge in [0.1, 0.15) is 0 Å². The Kier molecular flexibility index (Phi) is 6.80. The fourth-order valence-corrected chi connectivity index (χ4v) is 4.55. The number of thioether (sulfide) groups is 1. The minimum absolute atomic E-state index is 0.0964. The van der Waals surface area contributed by atoms with Crippen LogP contribution in [0, 0.1) is 0 Å². The lowest BCUT2D eigenvalue weighted by atomic mass is 9.94. The number of amides is 3. The Morgan fingerprint density at radius 2 is 1.94 bits per heavy atom. The number of fused-ring (bicyclic) bond motifs is 1. The van der Waals surface area contributed by atoms with Gasteiger partial charge in [0, 0.05) is 13.1 Å². The Morgan fingerprint density at radius 3 is 2.72 bits per heavy atom. The highest BCUT2D eigenvalue weighted by molar-refractivity contribution is 8.18. The molecule has 0 saturated carbocycles. The van der Waals surface area contributed by atoms with E-state index in [0.717, 1.165) is 35.7 Å². The van der Waals surface area contributed by atoms with Crippen LogP contribution in [0.5, 0.6) is 11.5 Å². The Balaban J connectivity index is 1.36. The topological polar surface area (TPSA) is 84.9 Å². The smallest absolute Gasteiger partial charge is 0.293 e. The Labute approximate surface area is 190 Å². The average Bonchev–Trinajstić information content (AvgIpc) is 3.37. The van der Waals surface area contributed by atoms with Gasteiger partial charge in [0.05, 0.1) is 10.8 Å². The van der Waals surface area contributed by atoms with Crippen molar-refractivity contribution in [1.82, 2.24) is 10.2 Å². The lowest BCUT2D eigenvalue weighted by Crippen LogP contribution is -2.39. The van der Waals surface area contributed by atoms with Gasteiger partial charge in [0.15, 0.2) is 11.5 Å². The predicted octanol–water partition coefficient (Wildman–Crippen LogP) is 4.15. The fourth-order valence-electron chi connectivity index (χ4n) is 3.68. The molecule has 2 aromatic rings. The molecule has 166 valence electrons. The molecule has 1 unspecified atom stereocenters. The zero-order valence-electron chi connectivity index (χ0n) is 17.7. The van der Waals surface area contributed by atoms with Gasteiger partial charge in [-0.3, -0.25) is 19.3 Å². The summed E-state index contributed by atoms with van der Waals surface area (Å²) in [5.74, 6) is 0.562. The summed E-state index contributed by atoms with van der Waals surface area (Å²) in [5.41, 5.74) is 1.71. The first-order chi connectivity index (χ1) is 15.6. The number of hydrogen-bond donors (Lipinski definition) is 1. The van der Waals surface area contributed by atoms with Crippen molar-refractivity contribution in [2.45, 2.75) is 25.7 Å². The van der Waals surface area contributed by atoms with Crippen LogP contribution in [0.25, 0.3) is 6.08 Å². The first-order valence-corrected chi connectivity index (χ1v) is 11.4. The van der Waals surface area contributed by atoms with Gasteiger partial charge in [-0.2, -0.15) is 0 Å². The van der Waals surface area contributed by atoms with Crippen molar-refractivity contribution < 1.29 is 23.9 Å². The van der Waals surface area contributed by atoms with E-state index in [4.69, 9.17) is 9.47 Å². The molecule has 0 aliphatic carbocycles. The molecule has 0 spiro atoms. The lowest BCUT2D eigenvalue weighted by molar-refractivity contribution is -0.125. The van der Waals surface area contributed by atoms with Crippen molar-refractivity contribution in [3.05, 3.63) is 64.6 Å². The molecular weight excluding hydrogens is 428 g/mol. The van der Waals surface area contributed by atoms with E-state index in [1.54, 1.807) is 24.3 Å². The number of benzene rings is 2. The summed E-state index contributed by atoms with van der Waals surface area (Å²) in [6.45, 7) is 2.55. The van der Waals surface area contributed by atoms with Crippen molar-refractivity contribution in [1.29, 1.82) is 0 Å². The van der Waals surface area contributed by atoms with Crippen molar-refractivity contribution in [2.24, 2.45) is 0 Å². The molecule has 1 atom stereocenters. The van der Waals surface area contributed by atoms with Gasteiger partial charge in [-0.15, -0.1) is 0 Å². The van der Waals surface area contributed by atoms with Crippen LogP contribution in [0.2, 0.25) is 0 Å². The third-order valence-electron chi connectivity index (χ3n) is 5.30. The fraction of sp³-hybridized carbons (Fsp3) is 0.292. The average molecular weight is 453 g/mol. The molecular formula is C24H24N2O5S. The SMILES string of the molecule is CCCC(C(=O)NCCN1C(=O)S/C(=C/c2ccc3c(c2)OCO3)C1=O)c1ccccc1. The number of imide groups is 1. The molecule has 4 rings (SSSR count). The molecule has 2 aliphatic heterocycles. The monoisotopic (exact) mass is 452 g/mol. The number of rotatable bonds is 8. The van der Waals surface area contributed by atoms with E-state index >= 15 is 0 Å². The zero-order valence-corrected chi connectivity index (χ0v) is 18.5. The van der Waals surface area contributed by atoms with Crippen LogP contribution in [-0.2, 0) is 9.59 Å². The van der Waals surface area contributed by atoms with Crippen LogP contribution in [-0.4, -0.2) is 41.8 Å². The first-order valence-electron chi connectivity index (χ1n) is 10.5. The molecule has 2 aromatic carbocycles. The van der Waals surface area contributed by atoms with Gasteiger partial charge in [-0.25, -0.2) is 0 Å². The highest BCUT2D eigenvalue weighted by Crippen LogP contribution is 2.36. The maximum Gasteiger partial charge on any atom is 0.293 e. The van der Waals surface area contributed by atoms with E-state index in [1.165, 1.54) is 4.90 Å². The standard InChI is InChI=1S/C24H24N2O5S/c1-2-6-18(17-7-4-3-5-8-17)22(27)25-11-12-26-23(28)21(32-24(26)29)14-16-9-10-19-20(13-16)31-15-30-19/h3-5,7-10,13-14,18H,2,6,11-12,15H2,1H3,(H,25,27)/b21-14+. The molecule has 2 aliphatic rings. The molecule has 1 saturated heterocycles. The number of carbonyl (C=O) groups excluding carboxylic acids is 3. The summed E-state index contributed by atoms with van der Waals surface area (Å²) in [6, 6.07) is 15.0. The summed E-state index contributed by atoms with van der Waals surface area (Å²) in [6.07, 6.45) is 3.27. The maximum absolute atomic E-state index is 12.7. The lowest BCUT2D eigenvalue weighted by Gasteiger charge is -2.18. The van der Waals surface area contributed by atoms with Gasteiger partial charge < -0.3 is 14.8 Å². The van der Waals surface area contributed by atoms with Crippen molar-refractivity contribution >= 4 is 34.9 Å². The number of carbonyl (C=O) groups is 3. The van der Waals surface area contributed by atoms with Crippen LogP contribution in [0.15, 0.2) is 53.4 Å². The quantitative estimate of drug-likeness (QED) is 0.606. The van der Waals surface area contributed by atoms with Gasteiger partial charge in [-0.05, 0) is 47.5 Å². The van der Waals surface area contributed by atoms with Crippen LogP contribution < -0.4 is 14.8 Å². The minimum atomic E-state index is -0.361. The number of ether oxygens (including phenoxy) is 2. The number of hydrogen-bond acceptors (Lipinski definition) is 6. The molecule has 1 fully saturated rings. The third kappa shape index (κ3) is 4.80. The van der Waals surface area contributed by atoms with Crippen molar-refractivity contribution in [3.8, 4) is 11.5 Å². The van der Waals surface area contributed by atoms with Crippen molar-refractivity contribution in [2.75, 3.05) is 19.9 Å². The summed E-state index contributed by atoms with van der Waals surface area (Å²) >= 11 is 0.894. The van der Waals surface area contributed by atoms with E-state index in [2.05, 4.69) is 5.32 Å². The predicted molar refractivity (Wildman–Crippen MR) is 122 cm³/mol. The van der Waals surface area contributed by atoms with E-state index in [1.807, 2.05) is 37.3 Å². The number of nitrogens with one attached hydrogen (secondary N) is 1. The highest BCUT2D eigenvalue weighted by Gasteiger charge is 2.35. The molecule has 32 heavy (non-hydrogen) atoms. The zero-order chi connectivity index (χ0) is 22.5. The molecule has 7 nitrogen and oxygen atoms in total. The van der Waals surface area contributed by atoms with E-state index in [0.29, 0.717) is 16.4 Å². The Morgan fingerprint density at radius 1 is 1.16 bits per heavy atom. The third-order valence-corrected chi connectivity index (χ3v) is 6.21. The summed E-state index contributed by atoms with van der Waals surface area (Å²) in [7, 11) is 0. The van der Waals surface area contributed by atoms with Crippen LogP contribution in [0.1, 0.15) is 36.8 Å². The van der Waals surface area contributed by atoms with Gasteiger partial charge in [0.25, 0.3) is 11.1 Å². The molecule has 1 N–H and O–H groups in total. The Hall–Kier alpha value is -3.26. The Bertz CT molecular complexity index is 1050. The second-order valence-electron chi connectivity index (χ2n) is 7.49. The van der Waals surface area contributed by atoms with E-state index < -0.39 is 0 Å². The first kappa shape index (κ1) is 22.0. The molecule has 0 aromatic heterocycles. The van der Waals surface area contributed by atoms with E-state index in [9.17, 15) is 14.4 Å². The normalized spacial score (nSPS) is 17.2. The van der Waals surface area contributed by atoms with Gasteiger partial charge in [-0.1, -0.05) is 49.7 Å². The number of nitrogens with zero attached hydrogens (tertiary/aromatic N) is 1. The molecule has 0 bridgehead atoms. The van der Waals surface area contributed by atoms with Crippen LogP contribution in [0.4, 0.5) is 4.79 Å². The second-order valence-corrected chi connectivity index (χ2v) is 8.48.